The van der Waals surface area contributed by atoms with Crippen molar-refractivity contribution in [1.29, 1.82) is 0 Å². The van der Waals surface area contributed by atoms with Crippen LogP contribution in [-0.4, -0.2) is 147 Å². The van der Waals surface area contributed by atoms with Gasteiger partial charge in [0, 0.05) is 50.1 Å². The Balaban J connectivity index is 0.829. The van der Waals surface area contributed by atoms with Crippen LogP contribution in [0, 0.1) is 11.6 Å². The quantitative estimate of drug-likeness (QED) is 0.0118. The number of rotatable bonds is 40. The zero-order valence-electron chi connectivity index (χ0n) is 59.9. The van der Waals surface area contributed by atoms with E-state index in [1.165, 1.54) is 48.5 Å². The molecule has 562 valence electrons. The standard InChI is InChI=1S/C84H88F2N8O14/c85-69-38-34-59(35-39-69)42-48-89-77(97)55-93(53-75(95)87-46-13-11-32-73(91-83(103)107-57-61-18-3-1-4-19-61)81(101)105-50-44-65-26-15-24-63-22-7-9-30-71(63)65)79(99)67-28-17-29-68(52-67)80(100)94(56-78(98)90-49-43-60-36-40-70(86)41-37-60)54-76(96)88-47-14-12-33-74(92-84(104)108-58-62-20-5-2-6-21-62)82(102)106-51-45-66-27-16-25-64-23-8-10-31-72(64)66/h1-10,15-31,34-41,52,73-74H,11-14,32-33,42-51,53-58H2,(H,87,95)(H,88,96)(H,89,97)(H,90,98)(H,91,103)(H,92,104)/t73-,74-/m0/s1. The average molecular weight is 1470 g/mol. The number of esters is 2. The summed E-state index contributed by atoms with van der Waals surface area (Å²) in [5.41, 5.74) is 4.57. The van der Waals surface area contributed by atoms with Crippen molar-refractivity contribution in [3.05, 3.63) is 275 Å². The molecule has 0 spiro atoms. The van der Waals surface area contributed by atoms with Crippen LogP contribution in [0.4, 0.5) is 18.4 Å². The summed E-state index contributed by atoms with van der Waals surface area (Å²) in [6.45, 7) is -2.37. The minimum Gasteiger partial charge on any atom is -0.464 e. The fraction of sp³-hybridized carbons (Fsp3) is 0.286. The van der Waals surface area contributed by atoms with Crippen LogP contribution in [0.3, 0.4) is 0 Å². The second-order valence-electron chi connectivity index (χ2n) is 25.7. The normalized spacial score (nSPS) is 11.4. The second-order valence-corrected chi connectivity index (χ2v) is 25.7. The molecule has 0 unspecified atom stereocenters. The molecule has 22 nitrogen and oxygen atoms in total. The fourth-order valence-corrected chi connectivity index (χ4v) is 11.9. The molecule has 9 aromatic carbocycles. The van der Waals surface area contributed by atoms with Gasteiger partial charge < -0.3 is 60.6 Å². The number of carbonyl (C=O) groups is 10. The van der Waals surface area contributed by atoms with E-state index < -0.39 is 109 Å². The number of carbonyl (C=O) groups excluding carboxylic acids is 10. The van der Waals surface area contributed by atoms with Crippen LogP contribution in [0.25, 0.3) is 21.5 Å². The molecular formula is C84H88F2N8O14. The molecule has 0 saturated heterocycles. The molecule has 108 heavy (non-hydrogen) atoms. The summed E-state index contributed by atoms with van der Waals surface area (Å²) in [7, 11) is 0. The molecular weight excluding hydrogens is 1380 g/mol. The Morgan fingerprint density at radius 2 is 0.694 bits per heavy atom. The number of unbranched alkanes of at least 4 members (excludes halogenated alkanes) is 2. The third-order valence-corrected chi connectivity index (χ3v) is 17.6. The fourth-order valence-electron chi connectivity index (χ4n) is 11.9. The first-order valence-corrected chi connectivity index (χ1v) is 36.0. The van der Waals surface area contributed by atoms with Crippen molar-refractivity contribution in [2.75, 3.05) is 65.6 Å². The number of alkyl carbamates (subject to hydrolysis) is 2. The van der Waals surface area contributed by atoms with Crippen molar-refractivity contribution in [2.45, 2.75) is 89.5 Å². The SMILES string of the molecule is O=C(CN(CC(=O)NCCc1ccc(F)cc1)C(=O)c1cccc(C(=O)N(CC(=O)NCCCC[C@H](NC(=O)OCc2ccccc2)C(=O)OCCc2cccc3ccccc23)CC(=O)NCCc2ccc(F)cc2)c1)NCCCC[C@H](NC(=O)OCc1ccccc1)C(=O)OCCc1cccc2ccccc12. The summed E-state index contributed by atoms with van der Waals surface area (Å²) >= 11 is 0. The minimum atomic E-state index is -1.12. The molecule has 6 N–H and O–H groups in total. The number of fused-ring (bicyclic) bond motifs is 2. The van der Waals surface area contributed by atoms with E-state index >= 15 is 0 Å². The number of nitrogens with zero attached hydrogens (tertiary/aromatic N) is 2. The van der Waals surface area contributed by atoms with Crippen LogP contribution >= 0.6 is 0 Å². The van der Waals surface area contributed by atoms with Gasteiger partial charge in [0.25, 0.3) is 11.8 Å². The van der Waals surface area contributed by atoms with Crippen molar-refractivity contribution in [2.24, 2.45) is 0 Å². The first-order valence-electron chi connectivity index (χ1n) is 36.0. The smallest absolute Gasteiger partial charge is 0.408 e. The third kappa shape index (κ3) is 26.7. The zero-order chi connectivity index (χ0) is 76.2. The molecule has 8 amide bonds. The number of halogens is 2. The highest BCUT2D eigenvalue weighted by atomic mass is 19.1. The molecule has 0 fully saturated rings. The summed E-state index contributed by atoms with van der Waals surface area (Å²) in [4.78, 5) is 140. The first-order chi connectivity index (χ1) is 52.5. The van der Waals surface area contributed by atoms with Gasteiger partial charge in [0.2, 0.25) is 23.6 Å². The number of nitrogens with one attached hydrogen (secondary N) is 6. The number of ether oxygens (including phenoxy) is 4. The monoisotopic (exact) mass is 1470 g/mol. The Morgan fingerprint density at radius 3 is 1.09 bits per heavy atom. The molecule has 0 heterocycles. The maximum Gasteiger partial charge on any atom is 0.408 e. The van der Waals surface area contributed by atoms with Gasteiger partial charge in [-0.25, -0.2) is 28.0 Å². The van der Waals surface area contributed by atoms with Crippen molar-refractivity contribution >= 4 is 81.1 Å². The average Bonchev–Trinajstić information content (AvgIpc) is 0.839. The predicted octanol–water partition coefficient (Wildman–Crippen LogP) is 10.6. The van der Waals surface area contributed by atoms with Crippen molar-refractivity contribution in [3.8, 4) is 0 Å². The van der Waals surface area contributed by atoms with Gasteiger partial charge in [-0.3, -0.25) is 28.8 Å². The molecule has 0 aliphatic heterocycles. The van der Waals surface area contributed by atoms with Crippen molar-refractivity contribution < 1.29 is 75.7 Å². The highest BCUT2D eigenvalue weighted by molar-refractivity contribution is 6.03. The largest absolute Gasteiger partial charge is 0.464 e. The van der Waals surface area contributed by atoms with E-state index in [-0.39, 0.29) is 89.4 Å². The number of benzene rings is 9. The van der Waals surface area contributed by atoms with Crippen molar-refractivity contribution in [3.63, 3.8) is 0 Å². The second kappa shape index (κ2) is 42.6. The van der Waals surface area contributed by atoms with E-state index in [1.807, 2.05) is 97.1 Å². The summed E-state index contributed by atoms with van der Waals surface area (Å²) in [6, 6.07) is 59.9. The molecule has 0 aliphatic rings. The maximum absolute atomic E-state index is 14.7. The molecule has 0 radical (unpaired) electrons. The number of amides is 8. The van der Waals surface area contributed by atoms with E-state index in [2.05, 4.69) is 31.9 Å². The van der Waals surface area contributed by atoms with Crippen molar-refractivity contribution in [1.82, 2.24) is 41.7 Å². The van der Waals surface area contributed by atoms with E-state index in [4.69, 9.17) is 18.9 Å². The number of hydrogen-bond acceptors (Lipinski definition) is 14. The molecule has 0 saturated carbocycles. The van der Waals surface area contributed by atoms with Gasteiger partial charge in [-0.15, -0.1) is 0 Å². The Hall–Kier alpha value is -12.3. The molecule has 24 heteroatoms. The van der Waals surface area contributed by atoms with Crippen LogP contribution in [0.1, 0.15) is 92.6 Å². The van der Waals surface area contributed by atoms with Crippen LogP contribution in [-0.2, 0) is 86.6 Å². The molecule has 0 aromatic heterocycles. The Bertz CT molecular complexity index is 4210. The summed E-state index contributed by atoms with van der Waals surface area (Å²) in [5.74, 6) is -6.59. The topological polar surface area (TPSA) is 286 Å². The molecule has 0 aliphatic carbocycles. The van der Waals surface area contributed by atoms with Crippen LogP contribution in [0.15, 0.2) is 218 Å². The molecule has 0 bridgehead atoms. The molecule has 9 aromatic rings. The zero-order valence-corrected chi connectivity index (χ0v) is 59.9. The van der Waals surface area contributed by atoms with E-state index in [9.17, 15) is 56.7 Å². The third-order valence-electron chi connectivity index (χ3n) is 17.6. The predicted molar refractivity (Wildman–Crippen MR) is 403 cm³/mol. The minimum absolute atomic E-state index is 0.0295. The lowest BCUT2D eigenvalue weighted by atomic mass is 10.0. The Morgan fingerprint density at radius 1 is 0.343 bits per heavy atom. The lowest BCUT2D eigenvalue weighted by Crippen LogP contribution is -2.47. The van der Waals surface area contributed by atoms with Gasteiger partial charge in [-0.1, -0.05) is 176 Å². The number of hydrogen-bond donors (Lipinski definition) is 6. The van der Waals surface area contributed by atoms with Gasteiger partial charge in [0.15, 0.2) is 0 Å². The molecule has 9 rings (SSSR count). The summed E-state index contributed by atoms with van der Waals surface area (Å²) < 4.78 is 49.7. The van der Waals surface area contributed by atoms with Gasteiger partial charge >= 0.3 is 24.1 Å². The highest BCUT2D eigenvalue weighted by Crippen LogP contribution is 2.22. The first kappa shape index (κ1) is 79.8. The lowest BCUT2D eigenvalue weighted by molar-refractivity contribution is -0.147. The summed E-state index contributed by atoms with van der Waals surface area (Å²) in [6.07, 6.45) is 1.11. The maximum atomic E-state index is 14.7. The van der Waals surface area contributed by atoms with Gasteiger partial charge in [-0.2, -0.15) is 0 Å². The highest BCUT2D eigenvalue weighted by Gasteiger charge is 2.28. The van der Waals surface area contributed by atoms with Gasteiger partial charge in [0.1, 0.15) is 63.1 Å². The Labute approximate surface area is 625 Å². The van der Waals surface area contributed by atoms with Gasteiger partial charge in [0.05, 0.1) is 13.2 Å². The van der Waals surface area contributed by atoms with Crippen LogP contribution in [0.2, 0.25) is 0 Å². The van der Waals surface area contributed by atoms with E-state index in [1.54, 1.807) is 72.8 Å². The van der Waals surface area contributed by atoms with E-state index in [0.29, 0.717) is 38.5 Å². The van der Waals surface area contributed by atoms with E-state index in [0.717, 1.165) is 64.7 Å². The van der Waals surface area contributed by atoms with Crippen LogP contribution in [0.5, 0.6) is 0 Å². The lowest BCUT2D eigenvalue weighted by Gasteiger charge is -2.24. The van der Waals surface area contributed by atoms with Gasteiger partial charge in [-0.05, 0) is 149 Å². The Kier molecular flexibility index (Phi) is 31.4. The summed E-state index contributed by atoms with van der Waals surface area (Å²) in [5, 5.41) is 20.4. The van der Waals surface area contributed by atoms with Crippen LogP contribution < -0.4 is 31.9 Å². The molecule has 2 atom stereocenters.